The number of aliphatic carboxylic acids is 1. The van der Waals surface area contributed by atoms with Gasteiger partial charge in [-0.3, -0.25) is 9.79 Å². The van der Waals surface area contributed by atoms with Gasteiger partial charge in [-0.05, 0) is 63.9 Å². The number of aryl methyl sites for hydroxylation is 1. The van der Waals surface area contributed by atoms with E-state index in [0.29, 0.717) is 12.0 Å². The third-order valence-electron chi connectivity index (χ3n) is 6.55. The van der Waals surface area contributed by atoms with E-state index in [1.807, 2.05) is 75.4 Å². The van der Waals surface area contributed by atoms with Crippen molar-refractivity contribution >= 4 is 22.9 Å². The zero-order valence-electron chi connectivity index (χ0n) is 19.6. The van der Waals surface area contributed by atoms with E-state index in [2.05, 4.69) is 23.2 Å². The second kappa shape index (κ2) is 7.87. The highest BCUT2D eigenvalue weighted by molar-refractivity contribution is 5.82. The average Bonchev–Trinajstić information content (AvgIpc) is 3.40. The molecule has 1 atom stereocenters. The van der Waals surface area contributed by atoms with Gasteiger partial charge in [-0.15, -0.1) is 0 Å². The number of hydrogen-bond acceptors (Lipinski definition) is 3. The van der Waals surface area contributed by atoms with Gasteiger partial charge in [0.15, 0.2) is 0 Å². The molecule has 0 amide bonds. The summed E-state index contributed by atoms with van der Waals surface area (Å²) < 4.78 is 0. The van der Waals surface area contributed by atoms with Gasteiger partial charge in [0.25, 0.3) is 0 Å². The summed E-state index contributed by atoms with van der Waals surface area (Å²) >= 11 is 0. The van der Waals surface area contributed by atoms with Gasteiger partial charge in [0.05, 0.1) is 11.1 Å². The highest BCUT2D eigenvalue weighted by Crippen LogP contribution is 2.46. The number of benzene rings is 3. The van der Waals surface area contributed by atoms with E-state index in [0.717, 1.165) is 38.3 Å². The summed E-state index contributed by atoms with van der Waals surface area (Å²) in [5, 5.41) is 23.9. The Labute approximate surface area is 198 Å². The maximum absolute atomic E-state index is 11.7. The Bertz CT molecular complexity index is 1470. The molecule has 0 bridgehead atoms. The van der Waals surface area contributed by atoms with Crippen molar-refractivity contribution in [3.05, 3.63) is 99.7 Å². The molecule has 0 fully saturated rings. The summed E-state index contributed by atoms with van der Waals surface area (Å²) in [5.74, 6) is -0.653. The molecule has 4 aromatic rings. The first-order chi connectivity index (χ1) is 16.2. The molecule has 0 spiro atoms. The number of nitrogens with zero attached hydrogens (tertiary/aromatic N) is 1. The minimum atomic E-state index is -0.966. The number of hydrogen-bond donors (Lipinski definition) is 3. The number of H-pyrrole nitrogens is 1. The third-order valence-corrected chi connectivity index (χ3v) is 6.55. The number of phenols is 1. The standard InChI is InChI=1S/C29H28N2O3/c1-28(2,3)21-14-18(12-13-26(32)33)15-22(27(21)34)29(17-20-9-5-7-11-24(20)31-29)25-16-19-8-4-6-10-23(19)30-25/h4-11,14-17,30,34H,12-13H2,1-3H3,(H,32,33). The number of para-hydroxylation sites is 2. The van der Waals surface area contributed by atoms with Gasteiger partial charge in [-0.2, -0.15) is 0 Å². The number of carboxylic acid groups (broad SMARTS) is 1. The normalized spacial score (nSPS) is 17.3. The van der Waals surface area contributed by atoms with E-state index in [1.165, 1.54) is 0 Å². The molecule has 5 rings (SSSR count). The first kappa shape index (κ1) is 22.0. The highest BCUT2D eigenvalue weighted by Gasteiger charge is 2.39. The molecule has 3 aromatic carbocycles. The van der Waals surface area contributed by atoms with Crippen molar-refractivity contribution in [1.29, 1.82) is 0 Å². The number of aromatic nitrogens is 1. The molecule has 1 aliphatic rings. The fraction of sp³-hybridized carbons (Fsp3) is 0.241. The van der Waals surface area contributed by atoms with Gasteiger partial charge >= 0.3 is 5.97 Å². The molecule has 5 nitrogen and oxygen atoms in total. The van der Waals surface area contributed by atoms with Crippen molar-refractivity contribution in [2.24, 2.45) is 4.99 Å². The molecular weight excluding hydrogens is 424 g/mol. The lowest BCUT2D eigenvalue weighted by atomic mass is 9.78. The monoisotopic (exact) mass is 452 g/mol. The minimum absolute atomic E-state index is 0.0221. The van der Waals surface area contributed by atoms with Crippen LogP contribution < -0.4 is 10.6 Å². The predicted molar refractivity (Wildman–Crippen MR) is 134 cm³/mol. The van der Waals surface area contributed by atoms with Gasteiger partial charge in [-0.25, -0.2) is 0 Å². The van der Waals surface area contributed by atoms with Crippen molar-refractivity contribution in [2.45, 2.75) is 44.6 Å². The molecule has 0 saturated heterocycles. The zero-order valence-corrected chi connectivity index (χ0v) is 19.6. The van der Waals surface area contributed by atoms with Crippen LogP contribution in [0.5, 0.6) is 5.75 Å². The summed E-state index contributed by atoms with van der Waals surface area (Å²) in [4.78, 5) is 20.0. The van der Waals surface area contributed by atoms with Gasteiger partial charge in [0.2, 0.25) is 0 Å². The molecule has 1 unspecified atom stereocenters. The first-order valence-electron chi connectivity index (χ1n) is 11.5. The fourth-order valence-electron chi connectivity index (χ4n) is 4.81. The lowest BCUT2D eigenvalue weighted by Crippen LogP contribution is -2.24. The Kier molecular flexibility index (Phi) is 5.08. The summed E-state index contributed by atoms with van der Waals surface area (Å²) in [5.41, 5.74) is 2.85. The Balaban J connectivity index is 1.83. The third kappa shape index (κ3) is 3.67. The number of nitrogens with one attached hydrogen (secondary N) is 1. The van der Waals surface area contributed by atoms with E-state index in [9.17, 15) is 15.0 Å². The van der Waals surface area contributed by atoms with Crippen molar-refractivity contribution in [2.75, 3.05) is 0 Å². The molecule has 0 saturated carbocycles. The van der Waals surface area contributed by atoms with E-state index in [-0.39, 0.29) is 17.6 Å². The predicted octanol–water partition coefficient (Wildman–Crippen LogP) is 4.55. The molecule has 3 N–H and O–H groups in total. The summed E-state index contributed by atoms with van der Waals surface area (Å²) in [7, 11) is 0. The van der Waals surface area contributed by atoms with Crippen molar-refractivity contribution in [3.8, 4) is 5.75 Å². The van der Waals surface area contributed by atoms with Crippen LogP contribution in [-0.4, -0.2) is 21.2 Å². The number of aromatic amines is 1. The molecule has 0 radical (unpaired) electrons. The van der Waals surface area contributed by atoms with E-state index in [4.69, 9.17) is 4.99 Å². The molecular formula is C29H28N2O3. The average molecular weight is 453 g/mol. The largest absolute Gasteiger partial charge is 0.507 e. The van der Waals surface area contributed by atoms with Gasteiger partial charge in [-0.1, -0.05) is 63.2 Å². The Morgan fingerprint density at radius 2 is 1.76 bits per heavy atom. The van der Waals surface area contributed by atoms with Crippen molar-refractivity contribution in [1.82, 2.24) is 4.98 Å². The smallest absolute Gasteiger partial charge is 0.303 e. The molecule has 0 aliphatic carbocycles. The van der Waals surface area contributed by atoms with Gasteiger partial charge < -0.3 is 15.2 Å². The molecule has 2 heterocycles. The zero-order chi connectivity index (χ0) is 24.1. The van der Waals surface area contributed by atoms with Crippen LogP contribution in [0.2, 0.25) is 0 Å². The quantitative estimate of drug-likeness (QED) is 0.415. The van der Waals surface area contributed by atoms with Crippen LogP contribution in [0.1, 0.15) is 49.6 Å². The van der Waals surface area contributed by atoms with Crippen LogP contribution >= 0.6 is 0 Å². The van der Waals surface area contributed by atoms with Gasteiger partial charge in [0, 0.05) is 17.5 Å². The minimum Gasteiger partial charge on any atom is -0.507 e. The molecule has 1 aromatic heterocycles. The van der Waals surface area contributed by atoms with Gasteiger partial charge in [0.1, 0.15) is 11.3 Å². The Morgan fingerprint density at radius 3 is 2.47 bits per heavy atom. The van der Waals surface area contributed by atoms with Crippen LogP contribution in [0.4, 0.5) is 0 Å². The number of carbonyl (C=O) groups is 1. The number of aromatic hydroxyl groups is 1. The summed E-state index contributed by atoms with van der Waals surface area (Å²) in [6.45, 7) is 6.14. The Morgan fingerprint density at radius 1 is 1.03 bits per heavy atom. The molecule has 1 aliphatic heterocycles. The summed E-state index contributed by atoms with van der Waals surface area (Å²) in [6, 6.07) is 21.9. The van der Waals surface area contributed by atoms with E-state index < -0.39 is 11.5 Å². The second-order valence-corrected chi connectivity index (χ2v) is 10.0. The molecule has 172 valence electrons. The van der Waals surface area contributed by atoms with Crippen molar-refractivity contribution in [3.63, 3.8) is 0 Å². The maximum atomic E-state index is 11.7. The molecule has 34 heavy (non-hydrogen) atoms. The number of fused-ring (bicyclic) bond motifs is 2. The number of carboxylic acids is 1. The highest BCUT2D eigenvalue weighted by atomic mass is 16.4. The number of phenolic OH excluding ortho intramolecular Hbond substituents is 1. The van der Waals surface area contributed by atoms with Crippen LogP contribution in [0.3, 0.4) is 0 Å². The van der Waals surface area contributed by atoms with Crippen LogP contribution in [0.15, 0.2) is 71.7 Å². The fourth-order valence-corrected chi connectivity index (χ4v) is 4.81. The SMILES string of the molecule is CC(C)(C)c1cc(CCC(=O)O)cc(C2(c3cc4ccccc4[nH]3)C=c3ccccc3=N2)c1O. The van der Waals surface area contributed by atoms with Crippen molar-refractivity contribution < 1.29 is 15.0 Å². The van der Waals surface area contributed by atoms with Crippen LogP contribution in [-0.2, 0) is 22.2 Å². The lowest BCUT2D eigenvalue weighted by molar-refractivity contribution is -0.136. The summed E-state index contributed by atoms with van der Waals surface area (Å²) in [6.07, 6.45) is 2.49. The van der Waals surface area contributed by atoms with Crippen LogP contribution in [0.25, 0.3) is 17.0 Å². The lowest BCUT2D eigenvalue weighted by Gasteiger charge is -2.30. The Hall–Kier alpha value is -3.86. The first-order valence-corrected chi connectivity index (χ1v) is 11.5. The second-order valence-electron chi connectivity index (χ2n) is 10.0. The number of rotatable bonds is 5. The van der Waals surface area contributed by atoms with E-state index >= 15 is 0 Å². The van der Waals surface area contributed by atoms with Crippen LogP contribution in [0, 0.1) is 0 Å². The molecule has 5 heteroatoms. The maximum Gasteiger partial charge on any atom is 0.303 e. The van der Waals surface area contributed by atoms with E-state index in [1.54, 1.807) is 0 Å². The topological polar surface area (TPSA) is 85.7 Å².